The minimum Gasteiger partial charge on any atom is -0.456 e. The Balaban J connectivity index is 1.62. The first-order chi connectivity index (χ1) is 15.5. The second kappa shape index (κ2) is 12.1. The standard InChI is InChI=1S/C25H27ClN2O4/c26-20-14-11-18(12-15-20)13-16-23(29)28-21-9-5-2-6-10-24(30)32-22(17-27-25(21)31)19-7-3-1-4-8-19/h1-5,7-8,11-12,14-15,21-22H,6,9-10,13,16-17H2,(H,27,31)(H,28,29)/b5-2+/t21-,22?/m1/s1. The second-order valence-electron chi connectivity index (χ2n) is 7.63. The van der Waals surface area contributed by atoms with E-state index in [1.165, 1.54) is 0 Å². The highest BCUT2D eigenvalue weighted by Crippen LogP contribution is 2.18. The van der Waals surface area contributed by atoms with Gasteiger partial charge in [-0.25, -0.2) is 0 Å². The summed E-state index contributed by atoms with van der Waals surface area (Å²) in [7, 11) is 0. The largest absolute Gasteiger partial charge is 0.456 e. The molecule has 3 rings (SSSR count). The summed E-state index contributed by atoms with van der Waals surface area (Å²) in [6.45, 7) is 0.134. The van der Waals surface area contributed by atoms with Crippen LogP contribution in [0.2, 0.25) is 5.02 Å². The number of aryl methyl sites for hydroxylation is 1. The van der Waals surface area contributed by atoms with Crippen molar-refractivity contribution in [1.29, 1.82) is 0 Å². The maximum absolute atomic E-state index is 12.8. The third-order valence-corrected chi connectivity index (χ3v) is 5.42. The van der Waals surface area contributed by atoms with E-state index in [-0.39, 0.29) is 37.2 Å². The van der Waals surface area contributed by atoms with Crippen LogP contribution in [0.5, 0.6) is 0 Å². The van der Waals surface area contributed by atoms with Crippen LogP contribution in [0.4, 0.5) is 0 Å². The monoisotopic (exact) mass is 454 g/mol. The van der Waals surface area contributed by atoms with Gasteiger partial charge in [0.2, 0.25) is 11.8 Å². The number of rotatable bonds is 5. The van der Waals surface area contributed by atoms with Crippen LogP contribution in [0, 0.1) is 0 Å². The number of allylic oxidation sites excluding steroid dienone is 1. The molecule has 0 radical (unpaired) electrons. The SMILES string of the molecule is O=C(CCc1ccc(Cl)cc1)N[C@@H]1C/C=C/CCC(=O)OC(c2ccccc2)CNC1=O. The van der Waals surface area contributed by atoms with E-state index in [4.69, 9.17) is 16.3 Å². The third-order valence-electron chi connectivity index (χ3n) is 5.17. The molecule has 0 saturated carbocycles. The number of cyclic esters (lactones) is 1. The van der Waals surface area contributed by atoms with E-state index >= 15 is 0 Å². The molecule has 1 unspecified atom stereocenters. The highest BCUT2D eigenvalue weighted by atomic mass is 35.5. The molecule has 1 aliphatic rings. The van der Waals surface area contributed by atoms with Gasteiger partial charge in [-0.3, -0.25) is 14.4 Å². The van der Waals surface area contributed by atoms with Gasteiger partial charge in [-0.05, 0) is 42.5 Å². The van der Waals surface area contributed by atoms with E-state index < -0.39 is 12.1 Å². The summed E-state index contributed by atoms with van der Waals surface area (Å²) in [5.41, 5.74) is 1.80. The number of benzene rings is 2. The molecule has 0 bridgehead atoms. The molecular formula is C25H27ClN2O4. The topological polar surface area (TPSA) is 84.5 Å². The van der Waals surface area contributed by atoms with E-state index in [9.17, 15) is 14.4 Å². The lowest BCUT2D eigenvalue weighted by Gasteiger charge is -2.22. The number of esters is 1. The van der Waals surface area contributed by atoms with Crippen molar-refractivity contribution in [3.63, 3.8) is 0 Å². The molecule has 0 spiro atoms. The summed E-state index contributed by atoms with van der Waals surface area (Å²) in [4.78, 5) is 37.5. The van der Waals surface area contributed by atoms with Crippen molar-refractivity contribution in [2.75, 3.05) is 6.54 Å². The fourth-order valence-electron chi connectivity index (χ4n) is 3.39. The first kappa shape index (κ1) is 23.5. The molecule has 2 atom stereocenters. The summed E-state index contributed by atoms with van der Waals surface area (Å²) < 4.78 is 5.59. The molecule has 1 heterocycles. The lowest BCUT2D eigenvalue weighted by atomic mass is 10.1. The summed E-state index contributed by atoms with van der Waals surface area (Å²) >= 11 is 5.89. The number of halogens is 1. The van der Waals surface area contributed by atoms with Gasteiger partial charge in [0.05, 0.1) is 6.54 Å². The average molecular weight is 455 g/mol. The summed E-state index contributed by atoms with van der Waals surface area (Å²) in [6.07, 6.45) is 5.00. The van der Waals surface area contributed by atoms with Crippen molar-refractivity contribution < 1.29 is 19.1 Å². The minimum absolute atomic E-state index is 0.134. The van der Waals surface area contributed by atoms with Crippen molar-refractivity contribution in [2.45, 2.75) is 44.2 Å². The van der Waals surface area contributed by atoms with Crippen LogP contribution in [0.1, 0.15) is 42.9 Å². The van der Waals surface area contributed by atoms with E-state index in [0.29, 0.717) is 24.3 Å². The average Bonchev–Trinajstić information content (AvgIpc) is 2.80. The van der Waals surface area contributed by atoms with Crippen molar-refractivity contribution in [3.05, 3.63) is 82.9 Å². The van der Waals surface area contributed by atoms with Gasteiger partial charge in [0.15, 0.2) is 0 Å². The molecular weight excluding hydrogens is 428 g/mol. The molecule has 0 saturated heterocycles. The van der Waals surface area contributed by atoms with Gasteiger partial charge in [-0.1, -0.05) is 66.2 Å². The minimum atomic E-state index is -0.699. The predicted octanol–water partition coefficient (Wildman–Crippen LogP) is 3.90. The van der Waals surface area contributed by atoms with Crippen molar-refractivity contribution >= 4 is 29.4 Å². The molecule has 0 aromatic heterocycles. The van der Waals surface area contributed by atoms with E-state index in [1.807, 2.05) is 54.6 Å². The van der Waals surface area contributed by atoms with Gasteiger partial charge < -0.3 is 15.4 Å². The normalized spacial score (nSPS) is 20.8. The van der Waals surface area contributed by atoms with E-state index in [2.05, 4.69) is 10.6 Å². The Morgan fingerprint density at radius 2 is 1.81 bits per heavy atom. The molecule has 2 aromatic carbocycles. The van der Waals surface area contributed by atoms with Gasteiger partial charge in [0, 0.05) is 17.9 Å². The molecule has 0 aliphatic carbocycles. The van der Waals surface area contributed by atoms with Crippen molar-refractivity contribution in [1.82, 2.24) is 10.6 Å². The molecule has 6 nitrogen and oxygen atoms in total. The predicted molar refractivity (Wildman–Crippen MR) is 123 cm³/mol. The van der Waals surface area contributed by atoms with Crippen LogP contribution in [0.3, 0.4) is 0 Å². The highest BCUT2D eigenvalue weighted by Gasteiger charge is 2.23. The Morgan fingerprint density at radius 1 is 1.06 bits per heavy atom. The number of hydrogen-bond donors (Lipinski definition) is 2. The number of carbonyl (C=O) groups excluding carboxylic acids is 3. The Morgan fingerprint density at radius 3 is 2.56 bits per heavy atom. The zero-order valence-corrected chi connectivity index (χ0v) is 18.5. The van der Waals surface area contributed by atoms with Crippen LogP contribution in [0.15, 0.2) is 66.7 Å². The fraction of sp³-hybridized carbons (Fsp3) is 0.320. The molecule has 2 amide bonds. The van der Waals surface area contributed by atoms with E-state index in [0.717, 1.165) is 11.1 Å². The lowest BCUT2D eigenvalue weighted by molar-refractivity contribution is -0.149. The van der Waals surface area contributed by atoms with E-state index in [1.54, 1.807) is 12.1 Å². The number of amides is 2. The number of ether oxygens (including phenoxy) is 1. The van der Waals surface area contributed by atoms with Crippen LogP contribution in [0.25, 0.3) is 0 Å². The number of hydrogen-bond acceptors (Lipinski definition) is 4. The highest BCUT2D eigenvalue weighted by molar-refractivity contribution is 6.30. The van der Waals surface area contributed by atoms with Gasteiger partial charge in [0.1, 0.15) is 12.1 Å². The van der Waals surface area contributed by atoms with Gasteiger partial charge in [-0.2, -0.15) is 0 Å². The zero-order valence-electron chi connectivity index (χ0n) is 17.8. The van der Waals surface area contributed by atoms with Crippen LogP contribution < -0.4 is 10.6 Å². The molecule has 2 aromatic rings. The maximum atomic E-state index is 12.8. The Labute approximate surface area is 193 Å². The zero-order chi connectivity index (χ0) is 22.8. The molecule has 1 aliphatic heterocycles. The Kier molecular flexibility index (Phi) is 8.87. The summed E-state index contributed by atoms with van der Waals surface area (Å²) in [5, 5.41) is 6.30. The summed E-state index contributed by atoms with van der Waals surface area (Å²) in [6, 6.07) is 15.9. The Bertz CT molecular complexity index is 944. The lowest BCUT2D eigenvalue weighted by Crippen LogP contribution is -2.47. The number of nitrogens with one attached hydrogen (secondary N) is 2. The second-order valence-corrected chi connectivity index (χ2v) is 8.06. The fourth-order valence-corrected chi connectivity index (χ4v) is 3.51. The van der Waals surface area contributed by atoms with Gasteiger partial charge in [-0.15, -0.1) is 0 Å². The van der Waals surface area contributed by atoms with Crippen LogP contribution in [-0.2, 0) is 25.5 Å². The number of carbonyl (C=O) groups is 3. The molecule has 168 valence electrons. The van der Waals surface area contributed by atoms with Crippen LogP contribution in [-0.4, -0.2) is 30.4 Å². The first-order valence-corrected chi connectivity index (χ1v) is 11.1. The van der Waals surface area contributed by atoms with Crippen molar-refractivity contribution in [2.24, 2.45) is 0 Å². The third kappa shape index (κ3) is 7.54. The quantitative estimate of drug-likeness (QED) is 0.530. The molecule has 0 fully saturated rings. The van der Waals surface area contributed by atoms with Crippen LogP contribution >= 0.6 is 11.6 Å². The maximum Gasteiger partial charge on any atom is 0.306 e. The summed E-state index contributed by atoms with van der Waals surface area (Å²) in [5.74, 6) is -0.830. The van der Waals surface area contributed by atoms with Gasteiger partial charge in [0.25, 0.3) is 0 Å². The molecule has 7 heteroatoms. The molecule has 2 N–H and O–H groups in total. The van der Waals surface area contributed by atoms with Crippen molar-refractivity contribution in [3.8, 4) is 0 Å². The first-order valence-electron chi connectivity index (χ1n) is 10.7. The van der Waals surface area contributed by atoms with Gasteiger partial charge >= 0.3 is 5.97 Å². The molecule has 32 heavy (non-hydrogen) atoms. The smallest absolute Gasteiger partial charge is 0.306 e. The Hall–Kier alpha value is -3.12.